The summed E-state index contributed by atoms with van der Waals surface area (Å²) in [4.78, 5) is 11.6. The van der Waals surface area contributed by atoms with E-state index >= 15 is 0 Å². The molecule has 0 aliphatic carbocycles. The summed E-state index contributed by atoms with van der Waals surface area (Å²) in [5.74, 6) is 3.01. The first-order chi connectivity index (χ1) is 9.60. The summed E-state index contributed by atoms with van der Waals surface area (Å²) in [6.45, 7) is 9.90. The van der Waals surface area contributed by atoms with E-state index in [0.29, 0.717) is 12.0 Å². The predicted octanol–water partition coefficient (Wildman–Crippen LogP) is 2.54. The molecule has 5 heteroatoms. The van der Waals surface area contributed by atoms with E-state index < -0.39 is 0 Å². The van der Waals surface area contributed by atoms with Gasteiger partial charge >= 0.3 is 0 Å². The average molecular weight is 277 g/mol. The number of likely N-dealkylation sites (tertiary alicyclic amines) is 1. The summed E-state index contributed by atoms with van der Waals surface area (Å²) in [6, 6.07) is 2.52. The van der Waals surface area contributed by atoms with Gasteiger partial charge in [-0.2, -0.15) is 0 Å². The number of hydrogen-bond donors (Lipinski definition) is 2. The van der Waals surface area contributed by atoms with Crippen molar-refractivity contribution in [3.63, 3.8) is 0 Å². The Hall–Kier alpha value is -1.36. The van der Waals surface area contributed by atoms with Gasteiger partial charge in [-0.3, -0.25) is 4.90 Å². The van der Waals surface area contributed by atoms with Crippen molar-refractivity contribution in [2.45, 2.75) is 45.6 Å². The van der Waals surface area contributed by atoms with E-state index in [2.05, 4.69) is 46.3 Å². The molecule has 0 spiro atoms. The largest absolute Gasteiger partial charge is 0.373 e. The number of nitrogens with one attached hydrogen (secondary N) is 2. The minimum Gasteiger partial charge on any atom is -0.373 e. The summed E-state index contributed by atoms with van der Waals surface area (Å²) >= 11 is 0. The lowest BCUT2D eigenvalue weighted by molar-refractivity contribution is 0.269. The molecule has 112 valence electrons. The van der Waals surface area contributed by atoms with Crippen molar-refractivity contribution in [3.05, 3.63) is 11.9 Å². The first-order valence-corrected chi connectivity index (χ1v) is 7.64. The molecule has 2 heterocycles. The molecule has 1 atom stereocenters. The normalized spacial score (nSPS) is 17.4. The molecule has 0 amide bonds. The number of nitrogens with zero attached hydrogens (tertiary/aromatic N) is 3. The van der Waals surface area contributed by atoms with Gasteiger partial charge in [0.2, 0.25) is 0 Å². The molecule has 2 rings (SSSR count). The maximum Gasteiger partial charge on any atom is 0.135 e. The van der Waals surface area contributed by atoms with Crippen LogP contribution in [0.25, 0.3) is 0 Å². The zero-order valence-electron chi connectivity index (χ0n) is 13.1. The van der Waals surface area contributed by atoms with Crippen molar-refractivity contribution in [1.29, 1.82) is 0 Å². The second kappa shape index (κ2) is 6.88. The molecule has 20 heavy (non-hydrogen) atoms. The van der Waals surface area contributed by atoms with Crippen LogP contribution in [-0.2, 0) is 0 Å². The molecule has 1 aliphatic heterocycles. The molecule has 1 aromatic rings. The van der Waals surface area contributed by atoms with Crippen LogP contribution in [0.5, 0.6) is 0 Å². The van der Waals surface area contributed by atoms with Crippen molar-refractivity contribution in [1.82, 2.24) is 14.9 Å². The predicted molar refractivity (Wildman–Crippen MR) is 84.4 cm³/mol. The summed E-state index contributed by atoms with van der Waals surface area (Å²) in [5, 5.41) is 6.56. The Balaban J connectivity index is 1.99. The van der Waals surface area contributed by atoms with E-state index in [4.69, 9.17) is 0 Å². The highest BCUT2D eigenvalue weighted by molar-refractivity contribution is 5.47. The first-order valence-electron chi connectivity index (χ1n) is 7.64. The fraction of sp³-hybridized carbons (Fsp3) is 0.733. The highest BCUT2D eigenvalue weighted by Gasteiger charge is 2.18. The van der Waals surface area contributed by atoms with Gasteiger partial charge < -0.3 is 10.6 Å². The molecular formula is C15H27N5. The molecule has 0 bridgehead atoms. The maximum absolute atomic E-state index is 4.60. The third kappa shape index (κ3) is 3.82. The molecule has 1 aromatic heterocycles. The standard InChI is InChI=1S/C15H27N5/c1-11(2)15-18-13(16-4)9-14(19-15)17-10-12(3)20-7-5-6-8-20/h9,11-12H,5-8,10H2,1-4H3,(H2,16,17,18,19). The molecule has 5 nitrogen and oxygen atoms in total. The van der Waals surface area contributed by atoms with Gasteiger partial charge in [0.1, 0.15) is 17.5 Å². The highest BCUT2D eigenvalue weighted by atomic mass is 15.2. The SMILES string of the molecule is CNc1cc(NCC(C)N2CCCC2)nc(C(C)C)n1. The van der Waals surface area contributed by atoms with Crippen LogP contribution in [-0.4, -0.2) is 47.6 Å². The minimum atomic E-state index is 0.333. The van der Waals surface area contributed by atoms with Gasteiger partial charge in [0.05, 0.1) is 0 Å². The van der Waals surface area contributed by atoms with E-state index in [1.165, 1.54) is 25.9 Å². The molecule has 2 N–H and O–H groups in total. The Morgan fingerprint density at radius 2 is 1.80 bits per heavy atom. The zero-order chi connectivity index (χ0) is 14.5. The smallest absolute Gasteiger partial charge is 0.135 e. The minimum absolute atomic E-state index is 0.333. The molecule has 0 saturated carbocycles. The average Bonchev–Trinajstić information content (AvgIpc) is 2.98. The van der Waals surface area contributed by atoms with Crippen molar-refractivity contribution < 1.29 is 0 Å². The van der Waals surface area contributed by atoms with Crippen LogP contribution in [0.15, 0.2) is 6.07 Å². The fourth-order valence-electron chi connectivity index (χ4n) is 2.51. The number of anilines is 2. The van der Waals surface area contributed by atoms with Crippen LogP contribution < -0.4 is 10.6 Å². The molecule has 1 unspecified atom stereocenters. The van der Waals surface area contributed by atoms with Crippen molar-refractivity contribution >= 4 is 11.6 Å². The van der Waals surface area contributed by atoms with Gasteiger partial charge in [-0.25, -0.2) is 9.97 Å². The first kappa shape index (κ1) is 15.0. The molecular weight excluding hydrogens is 250 g/mol. The van der Waals surface area contributed by atoms with E-state index in [1.54, 1.807) is 0 Å². The monoisotopic (exact) mass is 277 g/mol. The van der Waals surface area contributed by atoms with Crippen molar-refractivity contribution in [2.75, 3.05) is 37.3 Å². The zero-order valence-corrected chi connectivity index (χ0v) is 13.1. The highest BCUT2D eigenvalue weighted by Crippen LogP contribution is 2.17. The third-order valence-corrected chi connectivity index (χ3v) is 3.86. The van der Waals surface area contributed by atoms with Crippen LogP contribution in [0.4, 0.5) is 11.6 Å². The summed E-state index contributed by atoms with van der Waals surface area (Å²) in [5.41, 5.74) is 0. The van der Waals surface area contributed by atoms with Crippen LogP contribution in [0.3, 0.4) is 0 Å². The van der Waals surface area contributed by atoms with Crippen molar-refractivity contribution in [2.24, 2.45) is 0 Å². The summed E-state index contributed by atoms with van der Waals surface area (Å²) in [7, 11) is 1.89. The van der Waals surface area contributed by atoms with Gasteiger partial charge in [0, 0.05) is 31.6 Å². The third-order valence-electron chi connectivity index (χ3n) is 3.86. The molecule has 1 saturated heterocycles. The van der Waals surface area contributed by atoms with Crippen molar-refractivity contribution in [3.8, 4) is 0 Å². The topological polar surface area (TPSA) is 53.1 Å². The maximum atomic E-state index is 4.60. The fourth-order valence-corrected chi connectivity index (χ4v) is 2.51. The summed E-state index contributed by atoms with van der Waals surface area (Å²) in [6.07, 6.45) is 2.67. The van der Waals surface area contributed by atoms with Gasteiger partial charge in [-0.05, 0) is 32.9 Å². The lowest BCUT2D eigenvalue weighted by atomic mass is 10.2. The van der Waals surface area contributed by atoms with Crippen LogP contribution in [0, 0.1) is 0 Å². The Labute approximate surface area is 122 Å². The molecule has 1 aliphatic rings. The lowest BCUT2D eigenvalue weighted by Crippen LogP contribution is -2.35. The Morgan fingerprint density at radius 3 is 2.40 bits per heavy atom. The summed E-state index contributed by atoms with van der Waals surface area (Å²) < 4.78 is 0. The van der Waals surface area contributed by atoms with Gasteiger partial charge in [0.15, 0.2) is 0 Å². The number of aromatic nitrogens is 2. The van der Waals surface area contributed by atoms with E-state index in [1.807, 2.05) is 13.1 Å². The van der Waals surface area contributed by atoms with Gasteiger partial charge in [-0.1, -0.05) is 13.8 Å². The number of hydrogen-bond acceptors (Lipinski definition) is 5. The van der Waals surface area contributed by atoms with Crippen LogP contribution in [0.2, 0.25) is 0 Å². The Morgan fingerprint density at radius 1 is 1.15 bits per heavy atom. The van der Waals surface area contributed by atoms with E-state index in [9.17, 15) is 0 Å². The Kier molecular flexibility index (Phi) is 5.17. The second-order valence-corrected chi connectivity index (χ2v) is 5.87. The van der Waals surface area contributed by atoms with Crippen LogP contribution >= 0.6 is 0 Å². The molecule has 0 radical (unpaired) electrons. The number of rotatable bonds is 6. The lowest BCUT2D eigenvalue weighted by Gasteiger charge is -2.24. The van der Waals surface area contributed by atoms with E-state index in [0.717, 1.165) is 24.0 Å². The second-order valence-electron chi connectivity index (χ2n) is 5.87. The van der Waals surface area contributed by atoms with Gasteiger partial charge in [0.25, 0.3) is 0 Å². The van der Waals surface area contributed by atoms with E-state index in [-0.39, 0.29) is 0 Å². The van der Waals surface area contributed by atoms with Gasteiger partial charge in [-0.15, -0.1) is 0 Å². The molecule has 1 fully saturated rings. The van der Waals surface area contributed by atoms with Crippen LogP contribution in [0.1, 0.15) is 45.4 Å². The molecule has 0 aromatic carbocycles. The quantitative estimate of drug-likeness (QED) is 0.837. The Bertz CT molecular complexity index is 426.